The molecule has 1 saturated heterocycles. The zero-order valence-corrected chi connectivity index (χ0v) is 12.4. The molecule has 1 aliphatic rings. The number of rotatable bonds is 4. The number of benzene rings is 1. The maximum Gasteiger partial charge on any atom is 0.119 e. The summed E-state index contributed by atoms with van der Waals surface area (Å²) >= 11 is 0. The van der Waals surface area contributed by atoms with E-state index >= 15 is 0 Å². The van der Waals surface area contributed by atoms with Gasteiger partial charge in [-0.25, -0.2) is 0 Å². The number of hydrogen-bond acceptors (Lipinski definition) is 3. The van der Waals surface area contributed by atoms with Crippen molar-refractivity contribution in [3.8, 4) is 5.75 Å². The van der Waals surface area contributed by atoms with Crippen molar-refractivity contribution in [3.63, 3.8) is 0 Å². The molecular formula is C16H25NO2. The molecule has 1 aromatic rings. The fourth-order valence-electron chi connectivity index (χ4n) is 2.73. The summed E-state index contributed by atoms with van der Waals surface area (Å²) in [4.78, 5) is 0. The van der Waals surface area contributed by atoms with Crippen LogP contribution in [-0.2, 0) is 4.74 Å². The molecule has 3 nitrogen and oxygen atoms in total. The molecule has 1 unspecified atom stereocenters. The van der Waals surface area contributed by atoms with Crippen molar-refractivity contribution in [1.29, 1.82) is 0 Å². The van der Waals surface area contributed by atoms with Crippen molar-refractivity contribution in [1.82, 2.24) is 5.32 Å². The van der Waals surface area contributed by atoms with Crippen molar-refractivity contribution in [3.05, 3.63) is 29.8 Å². The highest BCUT2D eigenvalue weighted by molar-refractivity contribution is 5.30. The summed E-state index contributed by atoms with van der Waals surface area (Å²) in [5.41, 5.74) is 1.26. The smallest absolute Gasteiger partial charge is 0.119 e. The van der Waals surface area contributed by atoms with Crippen LogP contribution in [0.5, 0.6) is 5.75 Å². The first-order chi connectivity index (χ1) is 9.00. The molecule has 0 aromatic heterocycles. The minimum absolute atomic E-state index is 0.00991. The van der Waals surface area contributed by atoms with E-state index in [2.05, 4.69) is 38.2 Å². The van der Waals surface area contributed by atoms with Gasteiger partial charge in [-0.1, -0.05) is 12.1 Å². The molecule has 0 spiro atoms. The lowest BCUT2D eigenvalue weighted by Crippen LogP contribution is -2.44. The molecule has 106 valence electrons. The lowest BCUT2D eigenvalue weighted by atomic mass is 9.93. The second-order valence-electron chi connectivity index (χ2n) is 5.96. The van der Waals surface area contributed by atoms with E-state index in [9.17, 15) is 0 Å². The van der Waals surface area contributed by atoms with Gasteiger partial charge >= 0.3 is 0 Å². The van der Waals surface area contributed by atoms with Crippen molar-refractivity contribution in [2.75, 3.05) is 13.7 Å². The second kappa shape index (κ2) is 5.93. The van der Waals surface area contributed by atoms with E-state index in [1.54, 1.807) is 7.11 Å². The average molecular weight is 263 g/mol. The zero-order valence-electron chi connectivity index (χ0n) is 12.4. The molecule has 19 heavy (non-hydrogen) atoms. The van der Waals surface area contributed by atoms with E-state index < -0.39 is 0 Å². The highest BCUT2D eigenvalue weighted by Crippen LogP contribution is 2.26. The largest absolute Gasteiger partial charge is 0.497 e. The van der Waals surface area contributed by atoms with Gasteiger partial charge in [0, 0.05) is 18.7 Å². The molecule has 2 rings (SSSR count). The third-order valence-corrected chi connectivity index (χ3v) is 3.78. The number of ether oxygens (including phenoxy) is 2. The third-order valence-electron chi connectivity index (χ3n) is 3.78. The maximum absolute atomic E-state index is 5.76. The van der Waals surface area contributed by atoms with Crippen LogP contribution in [0, 0.1) is 0 Å². The SMILES string of the molecule is COc1cccc([C@@H](C)NC2CCOC(C)(C)C2)c1. The van der Waals surface area contributed by atoms with E-state index in [-0.39, 0.29) is 5.60 Å². The molecule has 0 amide bonds. The van der Waals surface area contributed by atoms with Gasteiger partial charge in [0.15, 0.2) is 0 Å². The molecule has 2 atom stereocenters. The monoisotopic (exact) mass is 263 g/mol. The van der Waals surface area contributed by atoms with Gasteiger partial charge in [0.05, 0.1) is 12.7 Å². The van der Waals surface area contributed by atoms with Gasteiger partial charge in [0.2, 0.25) is 0 Å². The number of methoxy groups -OCH3 is 1. The molecule has 1 aromatic carbocycles. The molecule has 1 aliphatic heterocycles. The Kier molecular flexibility index (Phi) is 4.48. The molecule has 0 aliphatic carbocycles. The standard InChI is InChI=1S/C16H25NO2/c1-12(13-6-5-7-15(10-13)18-4)17-14-8-9-19-16(2,3)11-14/h5-7,10,12,14,17H,8-9,11H2,1-4H3/t12-,14?/m1/s1. The normalized spacial score (nSPS) is 23.9. The molecule has 0 saturated carbocycles. The average Bonchev–Trinajstić information content (AvgIpc) is 2.37. The van der Waals surface area contributed by atoms with Crippen LogP contribution in [0.25, 0.3) is 0 Å². The van der Waals surface area contributed by atoms with Gasteiger partial charge in [-0.3, -0.25) is 0 Å². The quantitative estimate of drug-likeness (QED) is 0.904. The van der Waals surface area contributed by atoms with Crippen LogP contribution >= 0.6 is 0 Å². The Morgan fingerprint density at radius 3 is 2.89 bits per heavy atom. The Morgan fingerprint density at radius 1 is 1.42 bits per heavy atom. The molecule has 0 radical (unpaired) electrons. The summed E-state index contributed by atoms with van der Waals surface area (Å²) in [7, 11) is 1.71. The molecule has 0 bridgehead atoms. The predicted molar refractivity (Wildman–Crippen MR) is 77.6 cm³/mol. The Hall–Kier alpha value is -1.06. The molecule has 1 fully saturated rings. The second-order valence-corrected chi connectivity index (χ2v) is 5.96. The highest BCUT2D eigenvalue weighted by Gasteiger charge is 2.29. The Bertz CT molecular complexity index is 417. The first-order valence-corrected chi connectivity index (χ1v) is 7.04. The summed E-state index contributed by atoms with van der Waals surface area (Å²) in [5, 5.41) is 3.71. The minimum atomic E-state index is -0.00991. The van der Waals surface area contributed by atoms with E-state index in [0.29, 0.717) is 12.1 Å². The van der Waals surface area contributed by atoms with E-state index in [4.69, 9.17) is 9.47 Å². The first kappa shape index (κ1) is 14.4. The van der Waals surface area contributed by atoms with Crippen LogP contribution in [0.3, 0.4) is 0 Å². The maximum atomic E-state index is 5.76. The van der Waals surface area contributed by atoms with Crippen LogP contribution < -0.4 is 10.1 Å². The summed E-state index contributed by atoms with van der Waals surface area (Å²) in [6.45, 7) is 7.38. The fourth-order valence-corrected chi connectivity index (χ4v) is 2.73. The van der Waals surface area contributed by atoms with Crippen molar-refractivity contribution >= 4 is 0 Å². The van der Waals surface area contributed by atoms with Gasteiger partial charge in [0.25, 0.3) is 0 Å². The van der Waals surface area contributed by atoms with Gasteiger partial charge in [0.1, 0.15) is 5.75 Å². The first-order valence-electron chi connectivity index (χ1n) is 7.04. The van der Waals surface area contributed by atoms with Crippen LogP contribution in [-0.4, -0.2) is 25.4 Å². The molecular weight excluding hydrogens is 238 g/mol. The van der Waals surface area contributed by atoms with Gasteiger partial charge < -0.3 is 14.8 Å². The Balaban J connectivity index is 1.98. The van der Waals surface area contributed by atoms with Gasteiger partial charge in [-0.15, -0.1) is 0 Å². The van der Waals surface area contributed by atoms with Crippen molar-refractivity contribution in [2.45, 2.75) is 51.3 Å². The van der Waals surface area contributed by atoms with Gasteiger partial charge in [-0.05, 0) is 51.3 Å². The zero-order chi connectivity index (χ0) is 13.9. The summed E-state index contributed by atoms with van der Waals surface area (Å²) < 4.78 is 11.0. The fraction of sp³-hybridized carbons (Fsp3) is 0.625. The number of nitrogens with one attached hydrogen (secondary N) is 1. The van der Waals surface area contributed by atoms with E-state index in [1.807, 2.05) is 12.1 Å². The van der Waals surface area contributed by atoms with Gasteiger partial charge in [-0.2, -0.15) is 0 Å². The van der Waals surface area contributed by atoms with E-state index in [1.165, 1.54) is 5.56 Å². The Morgan fingerprint density at radius 2 is 2.21 bits per heavy atom. The van der Waals surface area contributed by atoms with Crippen LogP contribution in [0.15, 0.2) is 24.3 Å². The highest BCUT2D eigenvalue weighted by atomic mass is 16.5. The lowest BCUT2D eigenvalue weighted by Gasteiger charge is -2.37. The van der Waals surface area contributed by atoms with Crippen LogP contribution in [0.4, 0.5) is 0 Å². The summed E-state index contributed by atoms with van der Waals surface area (Å²) in [6, 6.07) is 9.11. The molecule has 1 heterocycles. The molecule has 3 heteroatoms. The van der Waals surface area contributed by atoms with E-state index in [0.717, 1.165) is 25.2 Å². The molecule has 1 N–H and O–H groups in total. The minimum Gasteiger partial charge on any atom is -0.497 e. The number of hydrogen-bond donors (Lipinski definition) is 1. The van der Waals surface area contributed by atoms with Crippen molar-refractivity contribution in [2.24, 2.45) is 0 Å². The lowest BCUT2D eigenvalue weighted by molar-refractivity contribution is -0.0640. The predicted octanol–water partition coefficient (Wildman–Crippen LogP) is 3.30. The van der Waals surface area contributed by atoms with Crippen LogP contribution in [0.1, 0.15) is 45.2 Å². The topological polar surface area (TPSA) is 30.5 Å². The Labute approximate surface area is 116 Å². The summed E-state index contributed by atoms with van der Waals surface area (Å²) in [6.07, 6.45) is 2.14. The van der Waals surface area contributed by atoms with Crippen molar-refractivity contribution < 1.29 is 9.47 Å². The third kappa shape index (κ3) is 3.95. The van der Waals surface area contributed by atoms with Crippen LogP contribution in [0.2, 0.25) is 0 Å². The summed E-state index contributed by atoms with van der Waals surface area (Å²) in [5.74, 6) is 0.915.